The van der Waals surface area contributed by atoms with Crippen molar-refractivity contribution in [1.29, 1.82) is 0 Å². The summed E-state index contributed by atoms with van der Waals surface area (Å²) in [5.74, 6) is 1.82. The highest BCUT2D eigenvalue weighted by molar-refractivity contribution is 5.62. The number of rotatable bonds is 4. The van der Waals surface area contributed by atoms with E-state index in [4.69, 9.17) is 9.97 Å². The molecule has 0 radical (unpaired) electrons. The van der Waals surface area contributed by atoms with Crippen molar-refractivity contribution in [3.05, 3.63) is 35.3 Å². The number of aryl methyl sites for hydroxylation is 2. The van der Waals surface area contributed by atoms with Crippen LogP contribution in [0, 0.1) is 6.92 Å². The third kappa shape index (κ3) is 2.38. The van der Waals surface area contributed by atoms with Gasteiger partial charge in [-0.2, -0.15) is 0 Å². The Morgan fingerprint density at radius 1 is 1.25 bits per heavy atom. The Hall–Kier alpha value is -1.97. The van der Waals surface area contributed by atoms with Crippen molar-refractivity contribution < 1.29 is 0 Å². The maximum absolute atomic E-state index is 4.76. The molecule has 0 aromatic carbocycles. The summed E-state index contributed by atoms with van der Waals surface area (Å²) in [4.78, 5) is 13.7. The van der Waals surface area contributed by atoms with Crippen LogP contribution in [0.1, 0.15) is 36.6 Å². The van der Waals surface area contributed by atoms with Gasteiger partial charge in [0, 0.05) is 35.8 Å². The smallest absolute Gasteiger partial charge is 0.163 e. The predicted octanol–water partition coefficient (Wildman–Crippen LogP) is 3.16. The van der Waals surface area contributed by atoms with Gasteiger partial charge in [0.15, 0.2) is 5.82 Å². The van der Waals surface area contributed by atoms with Crippen molar-refractivity contribution in [2.75, 3.05) is 11.9 Å². The van der Waals surface area contributed by atoms with E-state index in [0.29, 0.717) is 0 Å². The van der Waals surface area contributed by atoms with Crippen LogP contribution in [0.2, 0.25) is 0 Å². The number of nitrogens with zero attached hydrogens (tertiary/aromatic N) is 3. The summed E-state index contributed by atoms with van der Waals surface area (Å²) in [6, 6.07) is 2.01. The van der Waals surface area contributed by atoms with Gasteiger partial charge < -0.3 is 5.32 Å². The van der Waals surface area contributed by atoms with Gasteiger partial charge in [-0.1, -0.05) is 6.92 Å². The average molecular weight is 268 g/mol. The van der Waals surface area contributed by atoms with Gasteiger partial charge in [-0.05, 0) is 44.2 Å². The van der Waals surface area contributed by atoms with Crippen LogP contribution in [-0.2, 0) is 12.8 Å². The lowest BCUT2D eigenvalue weighted by atomic mass is 10.1. The third-order valence-electron chi connectivity index (χ3n) is 3.76. The van der Waals surface area contributed by atoms with E-state index in [2.05, 4.69) is 24.1 Å². The van der Waals surface area contributed by atoms with Crippen LogP contribution < -0.4 is 5.32 Å². The summed E-state index contributed by atoms with van der Waals surface area (Å²) in [5.41, 5.74) is 4.71. The van der Waals surface area contributed by atoms with Crippen LogP contribution in [0.5, 0.6) is 0 Å². The van der Waals surface area contributed by atoms with Crippen LogP contribution in [0.25, 0.3) is 11.4 Å². The Morgan fingerprint density at radius 3 is 2.95 bits per heavy atom. The molecule has 4 nitrogen and oxygen atoms in total. The topological polar surface area (TPSA) is 50.7 Å². The quantitative estimate of drug-likeness (QED) is 0.925. The zero-order chi connectivity index (χ0) is 13.9. The van der Waals surface area contributed by atoms with Gasteiger partial charge in [-0.3, -0.25) is 4.98 Å². The number of hydrogen-bond acceptors (Lipinski definition) is 4. The van der Waals surface area contributed by atoms with E-state index in [1.165, 1.54) is 23.2 Å². The molecule has 0 fully saturated rings. The van der Waals surface area contributed by atoms with Gasteiger partial charge in [-0.25, -0.2) is 9.97 Å². The fourth-order valence-electron chi connectivity index (χ4n) is 2.64. The van der Waals surface area contributed by atoms with Gasteiger partial charge in [0.2, 0.25) is 0 Å². The molecule has 2 aromatic heterocycles. The van der Waals surface area contributed by atoms with Crippen LogP contribution in [-0.4, -0.2) is 21.5 Å². The monoisotopic (exact) mass is 268 g/mol. The van der Waals surface area contributed by atoms with Crippen LogP contribution >= 0.6 is 0 Å². The summed E-state index contributed by atoms with van der Waals surface area (Å²) in [7, 11) is 0. The molecule has 3 rings (SSSR count). The first-order chi connectivity index (χ1) is 9.79. The zero-order valence-electron chi connectivity index (χ0n) is 12.1. The van der Waals surface area contributed by atoms with Crippen molar-refractivity contribution in [2.24, 2.45) is 0 Å². The Kier molecular flexibility index (Phi) is 3.63. The van der Waals surface area contributed by atoms with E-state index in [0.717, 1.165) is 43.0 Å². The second-order valence-corrected chi connectivity index (χ2v) is 5.29. The molecule has 0 spiro atoms. The van der Waals surface area contributed by atoms with E-state index in [1.807, 2.05) is 18.5 Å². The molecule has 4 heteroatoms. The van der Waals surface area contributed by atoms with E-state index >= 15 is 0 Å². The molecule has 104 valence electrons. The summed E-state index contributed by atoms with van der Waals surface area (Å²) in [6.07, 6.45) is 8.09. The fourth-order valence-corrected chi connectivity index (χ4v) is 2.64. The maximum Gasteiger partial charge on any atom is 0.163 e. The molecule has 0 saturated heterocycles. The maximum atomic E-state index is 4.76. The Morgan fingerprint density at radius 2 is 2.15 bits per heavy atom. The van der Waals surface area contributed by atoms with Gasteiger partial charge in [0.05, 0.1) is 0 Å². The molecule has 1 aliphatic carbocycles. The second kappa shape index (κ2) is 5.57. The fraction of sp³-hybridized carbons (Fsp3) is 0.438. The number of anilines is 1. The van der Waals surface area contributed by atoms with E-state index in [9.17, 15) is 0 Å². The van der Waals surface area contributed by atoms with Crippen molar-refractivity contribution in [3.63, 3.8) is 0 Å². The number of hydrogen-bond donors (Lipinski definition) is 1. The zero-order valence-corrected chi connectivity index (χ0v) is 12.1. The van der Waals surface area contributed by atoms with Crippen molar-refractivity contribution in [2.45, 2.75) is 39.5 Å². The molecule has 2 aromatic rings. The van der Waals surface area contributed by atoms with Crippen molar-refractivity contribution in [3.8, 4) is 11.4 Å². The van der Waals surface area contributed by atoms with Crippen molar-refractivity contribution >= 4 is 5.82 Å². The van der Waals surface area contributed by atoms with Crippen molar-refractivity contribution in [1.82, 2.24) is 15.0 Å². The van der Waals surface area contributed by atoms with Crippen LogP contribution in [0.3, 0.4) is 0 Å². The minimum absolute atomic E-state index is 0.801. The summed E-state index contributed by atoms with van der Waals surface area (Å²) < 4.78 is 0. The summed E-state index contributed by atoms with van der Waals surface area (Å²) >= 11 is 0. The molecule has 2 heterocycles. The average Bonchev–Trinajstić information content (AvgIpc) is 2.93. The molecule has 1 aliphatic rings. The molecule has 0 amide bonds. The lowest BCUT2D eigenvalue weighted by molar-refractivity contribution is 0.899. The van der Waals surface area contributed by atoms with Crippen LogP contribution in [0.15, 0.2) is 18.5 Å². The van der Waals surface area contributed by atoms with Gasteiger partial charge >= 0.3 is 0 Å². The Bertz CT molecular complexity index is 622. The molecule has 0 saturated carbocycles. The predicted molar refractivity (Wildman–Crippen MR) is 80.8 cm³/mol. The van der Waals surface area contributed by atoms with Crippen LogP contribution in [0.4, 0.5) is 5.82 Å². The largest absolute Gasteiger partial charge is 0.370 e. The van der Waals surface area contributed by atoms with Gasteiger partial charge in [0.25, 0.3) is 0 Å². The van der Waals surface area contributed by atoms with E-state index in [1.54, 1.807) is 0 Å². The van der Waals surface area contributed by atoms with Gasteiger partial charge in [0.1, 0.15) is 5.82 Å². The molecular formula is C16H20N4. The molecule has 0 aliphatic heterocycles. The SMILES string of the molecule is CCCNc1nc(-c2cnccc2C)nc2c1CCC2. The first-order valence-corrected chi connectivity index (χ1v) is 7.34. The molecule has 0 unspecified atom stereocenters. The molecule has 0 atom stereocenters. The first kappa shape index (κ1) is 13.0. The molecule has 0 bridgehead atoms. The molecule has 20 heavy (non-hydrogen) atoms. The lowest BCUT2D eigenvalue weighted by Crippen LogP contribution is -2.08. The standard InChI is InChI=1S/C16H20N4/c1-3-8-18-15-12-5-4-6-14(12)19-16(20-15)13-10-17-9-7-11(13)2/h7,9-10H,3-6,8H2,1-2H3,(H,18,19,20). The number of fused-ring (bicyclic) bond motifs is 1. The number of nitrogens with one attached hydrogen (secondary N) is 1. The third-order valence-corrected chi connectivity index (χ3v) is 3.76. The highest BCUT2D eigenvalue weighted by atomic mass is 15.0. The number of pyridine rings is 1. The van der Waals surface area contributed by atoms with E-state index < -0.39 is 0 Å². The minimum Gasteiger partial charge on any atom is -0.370 e. The molecule has 1 N–H and O–H groups in total. The second-order valence-electron chi connectivity index (χ2n) is 5.29. The highest BCUT2D eigenvalue weighted by Gasteiger charge is 2.20. The molecular weight excluding hydrogens is 248 g/mol. The van der Waals surface area contributed by atoms with Gasteiger partial charge in [-0.15, -0.1) is 0 Å². The first-order valence-electron chi connectivity index (χ1n) is 7.34. The minimum atomic E-state index is 0.801. The van der Waals surface area contributed by atoms with E-state index in [-0.39, 0.29) is 0 Å². The number of aromatic nitrogens is 3. The lowest BCUT2D eigenvalue weighted by Gasteiger charge is -2.12. The summed E-state index contributed by atoms with van der Waals surface area (Å²) in [5, 5.41) is 3.45. The Labute approximate surface area is 119 Å². The normalized spacial score (nSPS) is 13.3. The highest BCUT2D eigenvalue weighted by Crippen LogP contribution is 2.29. The summed E-state index contributed by atoms with van der Waals surface area (Å²) in [6.45, 7) is 5.20. The Balaban J connectivity index is 2.06.